The van der Waals surface area contributed by atoms with E-state index in [1.165, 1.54) is 11.8 Å². The zero-order valence-electron chi connectivity index (χ0n) is 19.5. The van der Waals surface area contributed by atoms with Gasteiger partial charge in [0.15, 0.2) is 0 Å². The van der Waals surface area contributed by atoms with E-state index in [1.807, 2.05) is 36.4 Å². The molecule has 0 aliphatic rings. The minimum absolute atomic E-state index is 0.136. The molecule has 0 aliphatic heterocycles. The van der Waals surface area contributed by atoms with E-state index in [2.05, 4.69) is 26.8 Å². The van der Waals surface area contributed by atoms with Crippen LogP contribution in [0.25, 0.3) is 0 Å². The van der Waals surface area contributed by atoms with E-state index in [9.17, 15) is 13.5 Å². The van der Waals surface area contributed by atoms with Gasteiger partial charge in [0.05, 0.1) is 0 Å². The van der Waals surface area contributed by atoms with Crippen molar-refractivity contribution >= 4 is 35.1 Å². The minimum atomic E-state index is -4.33. The van der Waals surface area contributed by atoms with Gasteiger partial charge in [-0.3, -0.25) is 0 Å². The summed E-state index contributed by atoms with van der Waals surface area (Å²) in [5.41, 5.74) is 1.71. The van der Waals surface area contributed by atoms with Crippen molar-refractivity contribution in [3.63, 3.8) is 0 Å². The summed E-state index contributed by atoms with van der Waals surface area (Å²) in [4.78, 5) is 1.82. The van der Waals surface area contributed by atoms with E-state index in [-0.39, 0.29) is 22.7 Å². The lowest BCUT2D eigenvalue weighted by Crippen LogP contribution is -2.19. The number of aromatic hydroxyl groups is 1. The molecule has 4 aromatic rings. The number of phenols is 1. The zero-order valence-corrected chi connectivity index (χ0v) is 22.0. The normalized spacial score (nSPS) is 11.6. The fraction of sp³-hybridized carbons (Fsp3) is 0.111. The molecule has 0 saturated heterocycles. The molecule has 0 fully saturated rings. The van der Waals surface area contributed by atoms with Gasteiger partial charge < -0.3 is 17.7 Å². The monoisotopic (exact) mass is 540 g/mol. The maximum absolute atomic E-state index is 12.4. The Morgan fingerprint density at radius 1 is 0.667 bits per heavy atom. The molecule has 0 bridgehead atoms. The van der Waals surface area contributed by atoms with Gasteiger partial charge in [-0.15, -0.1) is 8.42 Å². The van der Waals surface area contributed by atoms with Crippen molar-refractivity contribution in [1.82, 2.24) is 0 Å². The Kier molecular flexibility index (Phi) is 7.73. The predicted octanol–water partition coefficient (Wildman–Crippen LogP) is 6.80. The van der Waals surface area contributed by atoms with Crippen LogP contribution in [0.3, 0.4) is 0 Å². The summed E-state index contributed by atoms with van der Waals surface area (Å²) in [6.45, 7) is 4.14. The van der Waals surface area contributed by atoms with Gasteiger partial charge in [-0.25, -0.2) is 0 Å². The van der Waals surface area contributed by atoms with Crippen LogP contribution in [0.4, 0.5) is 0 Å². The average Bonchev–Trinajstić information content (AvgIpc) is 2.86. The fourth-order valence-electron chi connectivity index (χ4n) is 3.49. The number of thiol groups is 1. The molecule has 0 aliphatic carbocycles. The van der Waals surface area contributed by atoms with Crippen molar-refractivity contribution in [2.75, 3.05) is 0 Å². The lowest BCUT2D eigenvalue weighted by Gasteiger charge is -2.26. The van der Waals surface area contributed by atoms with E-state index in [1.54, 1.807) is 60.7 Å². The maximum atomic E-state index is 12.4. The van der Waals surface area contributed by atoms with Crippen molar-refractivity contribution in [3.8, 4) is 23.0 Å². The molecule has 36 heavy (non-hydrogen) atoms. The maximum Gasteiger partial charge on any atom is 0.500 e. The van der Waals surface area contributed by atoms with E-state index in [0.717, 1.165) is 20.9 Å². The van der Waals surface area contributed by atoms with Crippen LogP contribution in [0.1, 0.15) is 25.0 Å². The van der Waals surface area contributed by atoms with Gasteiger partial charge in [-0.05, 0) is 83.9 Å². The highest BCUT2D eigenvalue weighted by atomic mass is 32.3. The summed E-state index contributed by atoms with van der Waals surface area (Å²) in [6, 6.07) is 27.8. The molecule has 4 aromatic carbocycles. The third kappa shape index (κ3) is 6.48. The molecule has 6 nitrogen and oxygen atoms in total. The van der Waals surface area contributed by atoms with Gasteiger partial charge in [0.25, 0.3) is 0 Å². The summed E-state index contributed by atoms with van der Waals surface area (Å²) >= 11 is 5.28. The molecular weight excluding hydrogens is 516 g/mol. The second-order valence-electron chi connectivity index (χ2n) is 8.41. The number of rotatable bonds is 9. The summed E-state index contributed by atoms with van der Waals surface area (Å²) < 4.78 is 40.1. The molecule has 0 radical (unpaired) electrons. The molecule has 0 aromatic heterocycles. The Morgan fingerprint density at radius 3 is 1.50 bits per heavy atom. The summed E-state index contributed by atoms with van der Waals surface area (Å²) in [6.07, 6.45) is 0. The molecule has 186 valence electrons. The van der Waals surface area contributed by atoms with Crippen LogP contribution in [0.15, 0.2) is 107 Å². The van der Waals surface area contributed by atoms with Crippen LogP contribution in [-0.2, 0) is 15.8 Å². The van der Waals surface area contributed by atoms with Crippen LogP contribution in [0, 0.1) is 0 Å². The highest BCUT2D eigenvalue weighted by molar-refractivity contribution is 7.99. The van der Waals surface area contributed by atoms with Gasteiger partial charge in [-0.1, -0.05) is 49.9 Å². The number of benzene rings is 4. The second-order valence-corrected chi connectivity index (χ2v) is 10.9. The summed E-state index contributed by atoms with van der Waals surface area (Å²) in [7, 11) is -4.33. The SMILES string of the molecule is CC(C)(c1ccc(OS)cc1)c1ccc(OS(=O)(=O)Oc2ccc(Sc3ccc(O)cc3)cc2)cc1. The van der Waals surface area contributed by atoms with Crippen LogP contribution in [-0.4, -0.2) is 13.5 Å². The number of phenolic OH excluding ortho intramolecular Hbond substituents is 1. The van der Waals surface area contributed by atoms with Gasteiger partial charge in [0, 0.05) is 28.1 Å². The largest absolute Gasteiger partial charge is 0.508 e. The fourth-order valence-corrected chi connectivity index (χ4v) is 5.16. The molecule has 0 unspecified atom stereocenters. The van der Waals surface area contributed by atoms with Gasteiger partial charge in [-0.2, -0.15) is 0 Å². The average molecular weight is 541 g/mol. The molecule has 0 atom stereocenters. The molecule has 0 saturated carbocycles. The third-order valence-electron chi connectivity index (χ3n) is 5.55. The van der Waals surface area contributed by atoms with Crippen molar-refractivity contribution in [2.45, 2.75) is 29.1 Å². The molecule has 0 amide bonds. The quantitative estimate of drug-likeness (QED) is 0.179. The van der Waals surface area contributed by atoms with Gasteiger partial charge in [0.2, 0.25) is 0 Å². The zero-order chi connectivity index (χ0) is 25.8. The lowest BCUT2D eigenvalue weighted by molar-refractivity contribution is 0.392. The first kappa shape index (κ1) is 25.8. The minimum Gasteiger partial charge on any atom is -0.508 e. The molecule has 4 rings (SSSR count). The van der Waals surface area contributed by atoms with Crippen molar-refractivity contribution < 1.29 is 26.1 Å². The molecular formula is C27H24O6S3. The van der Waals surface area contributed by atoms with Crippen LogP contribution < -0.4 is 12.5 Å². The topological polar surface area (TPSA) is 82.1 Å². The molecule has 0 heterocycles. The van der Waals surface area contributed by atoms with E-state index < -0.39 is 10.4 Å². The Balaban J connectivity index is 1.39. The van der Waals surface area contributed by atoms with Crippen molar-refractivity contribution in [2.24, 2.45) is 0 Å². The van der Waals surface area contributed by atoms with E-state index in [0.29, 0.717) is 5.75 Å². The Morgan fingerprint density at radius 2 is 1.06 bits per heavy atom. The van der Waals surface area contributed by atoms with E-state index in [4.69, 9.17) is 12.5 Å². The van der Waals surface area contributed by atoms with Gasteiger partial charge >= 0.3 is 10.4 Å². The molecule has 1 N–H and O–H groups in total. The third-order valence-corrected chi connectivity index (χ3v) is 7.57. The first-order valence-corrected chi connectivity index (χ1v) is 13.4. The van der Waals surface area contributed by atoms with Crippen molar-refractivity contribution in [3.05, 3.63) is 108 Å². The predicted molar refractivity (Wildman–Crippen MR) is 143 cm³/mol. The standard InChI is InChI=1S/C27H24O6S3/c1-27(2,19-3-9-22(31-34)10-4-19)20-5-11-23(12-6-20)32-36(29,30)33-24-13-17-26(18-14-24)35-25-15-7-21(28)8-16-25/h3-18,28,34H,1-2H3. The number of hydrogen-bond acceptors (Lipinski definition) is 8. The molecule has 9 heteroatoms. The van der Waals surface area contributed by atoms with Crippen molar-refractivity contribution in [1.29, 1.82) is 0 Å². The summed E-state index contributed by atoms with van der Waals surface area (Å²) in [5.74, 6) is 1.13. The first-order valence-electron chi connectivity index (χ1n) is 10.9. The first-order chi connectivity index (χ1) is 17.1. The Bertz CT molecular complexity index is 1400. The lowest BCUT2D eigenvalue weighted by atomic mass is 9.78. The number of hydrogen-bond donors (Lipinski definition) is 2. The molecule has 0 spiro atoms. The smallest absolute Gasteiger partial charge is 0.500 e. The Labute approximate surface area is 220 Å². The Hall–Kier alpha value is -3.27. The van der Waals surface area contributed by atoms with E-state index >= 15 is 0 Å². The second kappa shape index (κ2) is 10.8. The highest BCUT2D eigenvalue weighted by Gasteiger charge is 2.24. The van der Waals surface area contributed by atoms with Crippen LogP contribution in [0.2, 0.25) is 0 Å². The van der Waals surface area contributed by atoms with Crippen LogP contribution in [0.5, 0.6) is 23.0 Å². The van der Waals surface area contributed by atoms with Crippen LogP contribution >= 0.6 is 24.7 Å². The summed E-state index contributed by atoms with van der Waals surface area (Å²) in [5, 5.41) is 9.39. The van der Waals surface area contributed by atoms with Gasteiger partial charge in [0.1, 0.15) is 23.0 Å². The highest BCUT2D eigenvalue weighted by Crippen LogP contribution is 2.34.